The Morgan fingerprint density at radius 1 is 1.04 bits per heavy atom. The summed E-state index contributed by atoms with van der Waals surface area (Å²) in [5.41, 5.74) is 3.05. The number of aryl methyl sites for hydroxylation is 2. The van der Waals surface area contributed by atoms with Gasteiger partial charge in [-0.2, -0.15) is 0 Å². The van der Waals surface area contributed by atoms with Crippen LogP contribution in [0.4, 0.5) is 6.01 Å². The number of likely N-dealkylation sites (tertiary alicyclic amines) is 1. The molecule has 8 heteroatoms. The molecule has 1 aromatic heterocycles. The molecule has 1 N–H and O–H groups in total. The smallest absolute Gasteiger partial charge is 0.322 e. The topological polar surface area (TPSA) is 105 Å². The Morgan fingerprint density at radius 3 is 2.54 bits per heavy atom. The molecule has 3 amide bonds. The first-order valence-corrected chi connectivity index (χ1v) is 8.69. The summed E-state index contributed by atoms with van der Waals surface area (Å²) in [5.74, 6) is -0.739. The second-order valence-corrected chi connectivity index (χ2v) is 6.52. The molecule has 0 spiro atoms. The van der Waals surface area contributed by atoms with Crippen molar-refractivity contribution < 1.29 is 18.8 Å². The lowest BCUT2D eigenvalue weighted by atomic mass is 9.90. The van der Waals surface area contributed by atoms with Crippen molar-refractivity contribution in [3.8, 4) is 0 Å². The number of hydrogen-bond donors (Lipinski definition) is 1. The molecular weight excluding hydrogens is 336 g/mol. The summed E-state index contributed by atoms with van der Waals surface area (Å²) in [7, 11) is 0. The Labute approximate surface area is 149 Å². The van der Waals surface area contributed by atoms with Crippen molar-refractivity contribution in [1.29, 1.82) is 0 Å². The fraction of sp³-hybridized carbons (Fsp3) is 0.389. The molecule has 1 saturated heterocycles. The summed E-state index contributed by atoms with van der Waals surface area (Å²) in [6.07, 6.45) is 4.77. The third-order valence-electron chi connectivity index (χ3n) is 4.75. The molecule has 0 atom stereocenters. The molecule has 0 bridgehead atoms. The summed E-state index contributed by atoms with van der Waals surface area (Å²) < 4.78 is 5.35. The highest BCUT2D eigenvalue weighted by atomic mass is 16.4. The zero-order valence-electron chi connectivity index (χ0n) is 14.2. The Bertz CT molecular complexity index is 873. The highest BCUT2D eigenvalue weighted by Gasteiger charge is 2.30. The number of hydrogen-bond acceptors (Lipinski definition) is 6. The Hall–Kier alpha value is -3.03. The highest BCUT2D eigenvalue weighted by Crippen LogP contribution is 2.23. The predicted molar refractivity (Wildman–Crippen MR) is 90.1 cm³/mol. The largest absolute Gasteiger partial charge is 0.406 e. The van der Waals surface area contributed by atoms with Gasteiger partial charge in [-0.05, 0) is 48.9 Å². The second-order valence-electron chi connectivity index (χ2n) is 6.52. The van der Waals surface area contributed by atoms with Gasteiger partial charge < -0.3 is 4.42 Å². The van der Waals surface area contributed by atoms with E-state index < -0.39 is 0 Å². The maximum absolute atomic E-state index is 12.4. The van der Waals surface area contributed by atoms with E-state index in [1.54, 1.807) is 6.07 Å². The number of carbonyl (C=O) groups is 3. The normalized spacial score (nSPS) is 16.7. The van der Waals surface area contributed by atoms with Gasteiger partial charge in [-0.1, -0.05) is 11.2 Å². The number of nitrogens with zero attached hydrogens (tertiary/aromatic N) is 3. The maximum Gasteiger partial charge on any atom is 0.322 e. The van der Waals surface area contributed by atoms with Gasteiger partial charge in [0, 0.05) is 18.4 Å². The number of imide groups is 1. The molecule has 4 rings (SSSR count). The predicted octanol–water partition coefficient (Wildman–Crippen LogP) is 1.85. The average molecular weight is 354 g/mol. The molecule has 0 unspecified atom stereocenters. The van der Waals surface area contributed by atoms with Gasteiger partial charge in [0.15, 0.2) is 0 Å². The lowest BCUT2D eigenvalue weighted by Gasteiger charge is -2.16. The van der Waals surface area contributed by atoms with Crippen LogP contribution in [0.25, 0.3) is 0 Å². The van der Waals surface area contributed by atoms with Crippen LogP contribution in [-0.4, -0.2) is 32.8 Å². The molecule has 1 fully saturated rings. The van der Waals surface area contributed by atoms with E-state index in [1.165, 1.54) is 17.5 Å². The molecular formula is C18H18N4O4. The molecule has 8 nitrogen and oxygen atoms in total. The summed E-state index contributed by atoms with van der Waals surface area (Å²) in [6.45, 7) is -0.0701. The van der Waals surface area contributed by atoms with Crippen molar-refractivity contribution in [2.24, 2.45) is 0 Å². The van der Waals surface area contributed by atoms with E-state index in [-0.39, 0.29) is 49.0 Å². The highest BCUT2D eigenvalue weighted by molar-refractivity contribution is 6.03. The van der Waals surface area contributed by atoms with Gasteiger partial charge in [0.25, 0.3) is 5.91 Å². The first kappa shape index (κ1) is 16.4. The van der Waals surface area contributed by atoms with Crippen LogP contribution in [0.2, 0.25) is 0 Å². The molecule has 2 aliphatic rings. The number of carbonyl (C=O) groups excluding carboxylic acids is 3. The van der Waals surface area contributed by atoms with Crippen molar-refractivity contribution in [2.75, 3.05) is 5.32 Å². The van der Waals surface area contributed by atoms with Gasteiger partial charge in [-0.3, -0.25) is 24.6 Å². The van der Waals surface area contributed by atoms with Crippen molar-refractivity contribution in [3.63, 3.8) is 0 Å². The molecule has 1 aliphatic heterocycles. The summed E-state index contributed by atoms with van der Waals surface area (Å²) >= 11 is 0. The van der Waals surface area contributed by atoms with Crippen LogP contribution in [0.15, 0.2) is 22.6 Å². The fourth-order valence-electron chi connectivity index (χ4n) is 3.35. The van der Waals surface area contributed by atoms with Crippen LogP contribution >= 0.6 is 0 Å². The van der Waals surface area contributed by atoms with Crippen molar-refractivity contribution >= 4 is 23.7 Å². The van der Waals surface area contributed by atoms with Crippen molar-refractivity contribution in [2.45, 2.75) is 45.1 Å². The lowest BCUT2D eigenvalue weighted by Crippen LogP contribution is -2.28. The number of aromatic nitrogens is 2. The number of benzene rings is 1. The SMILES string of the molecule is O=C(Nc1nnc(CN2C(=O)CCC2=O)o1)c1ccc2c(c1)CCCC2. The number of anilines is 1. The van der Waals surface area contributed by atoms with Gasteiger partial charge in [0.2, 0.25) is 17.7 Å². The van der Waals surface area contributed by atoms with E-state index in [1.807, 2.05) is 12.1 Å². The summed E-state index contributed by atoms with van der Waals surface area (Å²) in [6, 6.07) is 5.63. The third-order valence-corrected chi connectivity index (χ3v) is 4.75. The zero-order chi connectivity index (χ0) is 18.1. The fourth-order valence-corrected chi connectivity index (χ4v) is 3.35. The standard InChI is InChI=1S/C18H18N4O4/c23-15-7-8-16(24)22(15)10-14-20-21-18(26-14)19-17(25)13-6-5-11-3-1-2-4-12(11)9-13/h5-6,9H,1-4,7-8,10H2,(H,19,21,25). The number of rotatable bonds is 4. The number of amides is 3. The van der Waals surface area contributed by atoms with E-state index >= 15 is 0 Å². The Balaban J connectivity index is 1.43. The van der Waals surface area contributed by atoms with Crippen LogP contribution in [-0.2, 0) is 29.0 Å². The minimum Gasteiger partial charge on any atom is -0.406 e. The third kappa shape index (κ3) is 3.22. The molecule has 134 valence electrons. The first-order chi connectivity index (χ1) is 12.6. The van der Waals surface area contributed by atoms with Crippen LogP contribution in [0.5, 0.6) is 0 Å². The monoisotopic (exact) mass is 354 g/mol. The van der Waals surface area contributed by atoms with Crippen LogP contribution in [0.1, 0.15) is 53.1 Å². The Kier molecular flexibility index (Phi) is 4.24. The molecule has 1 aromatic carbocycles. The summed E-state index contributed by atoms with van der Waals surface area (Å²) in [5, 5.41) is 10.1. The minimum atomic E-state index is -0.332. The van der Waals surface area contributed by atoms with Gasteiger partial charge >= 0.3 is 6.01 Å². The molecule has 0 saturated carbocycles. The minimum absolute atomic E-state index is 0.0539. The van der Waals surface area contributed by atoms with Gasteiger partial charge in [-0.25, -0.2) is 0 Å². The van der Waals surface area contributed by atoms with Crippen molar-refractivity contribution in [3.05, 3.63) is 40.8 Å². The van der Waals surface area contributed by atoms with E-state index in [0.717, 1.165) is 24.2 Å². The van der Waals surface area contributed by atoms with Gasteiger partial charge in [-0.15, -0.1) is 5.10 Å². The van der Waals surface area contributed by atoms with Crippen LogP contribution < -0.4 is 5.32 Å². The quantitative estimate of drug-likeness (QED) is 0.840. The van der Waals surface area contributed by atoms with Gasteiger partial charge in [0.1, 0.15) is 6.54 Å². The summed E-state index contributed by atoms with van der Waals surface area (Å²) in [4.78, 5) is 36.7. The van der Waals surface area contributed by atoms with Crippen LogP contribution in [0, 0.1) is 0 Å². The molecule has 0 radical (unpaired) electrons. The van der Waals surface area contributed by atoms with E-state index in [0.29, 0.717) is 5.56 Å². The average Bonchev–Trinajstić information content (AvgIpc) is 3.22. The van der Waals surface area contributed by atoms with E-state index in [9.17, 15) is 14.4 Å². The van der Waals surface area contributed by atoms with Crippen LogP contribution in [0.3, 0.4) is 0 Å². The van der Waals surface area contributed by atoms with Gasteiger partial charge in [0.05, 0.1) is 0 Å². The number of fused-ring (bicyclic) bond motifs is 1. The molecule has 1 aliphatic carbocycles. The first-order valence-electron chi connectivity index (χ1n) is 8.69. The zero-order valence-corrected chi connectivity index (χ0v) is 14.2. The van der Waals surface area contributed by atoms with E-state index in [4.69, 9.17) is 4.42 Å². The van der Waals surface area contributed by atoms with Crippen molar-refractivity contribution in [1.82, 2.24) is 15.1 Å². The molecule has 2 heterocycles. The number of nitrogens with one attached hydrogen (secondary N) is 1. The Morgan fingerprint density at radius 2 is 1.77 bits per heavy atom. The lowest BCUT2D eigenvalue weighted by molar-refractivity contribution is -0.139. The molecule has 2 aromatic rings. The maximum atomic E-state index is 12.4. The molecule has 26 heavy (non-hydrogen) atoms. The second kappa shape index (κ2) is 6.70. The van der Waals surface area contributed by atoms with E-state index in [2.05, 4.69) is 15.5 Å².